The van der Waals surface area contributed by atoms with Crippen LogP contribution in [-0.2, 0) is 9.53 Å². The molecule has 0 heterocycles. The lowest BCUT2D eigenvalue weighted by atomic mass is 10.2. The number of para-hydroxylation sites is 1. The number of halogens is 1. The van der Waals surface area contributed by atoms with Gasteiger partial charge in [-0.05, 0) is 30.9 Å². The molecule has 1 fully saturated rings. The van der Waals surface area contributed by atoms with Crippen LogP contribution in [0.15, 0.2) is 30.3 Å². The van der Waals surface area contributed by atoms with E-state index >= 15 is 0 Å². The van der Waals surface area contributed by atoms with Crippen molar-refractivity contribution >= 4 is 24.0 Å². The number of ether oxygens (including phenoxy) is 1. The summed E-state index contributed by atoms with van der Waals surface area (Å²) in [6.45, 7) is 1.18. The van der Waals surface area contributed by atoms with Gasteiger partial charge in [0.05, 0.1) is 12.5 Å². The van der Waals surface area contributed by atoms with Crippen molar-refractivity contribution in [1.29, 1.82) is 0 Å². The Morgan fingerprint density at radius 2 is 2.05 bits per heavy atom. The van der Waals surface area contributed by atoms with E-state index in [2.05, 4.69) is 0 Å². The molecule has 112 valence electrons. The van der Waals surface area contributed by atoms with Crippen molar-refractivity contribution in [2.24, 2.45) is 11.7 Å². The molecule has 1 unspecified atom stereocenters. The van der Waals surface area contributed by atoms with E-state index in [0.717, 1.165) is 12.2 Å². The van der Waals surface area contributed by atoms with E-state index in [1.807, 2.05) is 35.2 Å². The van der Waals surface area contributed by atoms with E-state index in [1.54, 1.807) is 7.11 Å². The lowest BCUT2D eigenvalue weighted by Crippen LogP contribution is -2.37. The van der Waals surface area contributed by atoms with Gasteiger partial charge in [0.2, 0.25) is 5.91 Å². The molecule has 2 rings (SSSR count). The van der Waals surface area contributed by atoms with E-state index in [-0.39, 0.29) is 24.4 Å². The average molecular weight is 299 g/mol. The molecule has 1 atom stereocenters. The van der Waals surface area contributed by atoms with Crippen LogP contribution in [0.1, 0.15) is 19.3 Å². The summed E-state index contributed by atoms with van der Waals surface area (Å²) >= 11 is 0. The van der Waals surface area contributed by atoms with Crippen LogP contribution in [0.4, 0.5) is 5.69 Å². The van der Waals surface area contributed by atoms with Crippen LogP contribution in [0.2, 0.25) is 0 Å². The molecule has 4 nitrogen and oxygen atoms in total. The van der Waals surface area contributed by atoms with E-state index in [9.17, 15) is 4.79 Å². The fourth-order valence-corrected chi connectivity index (χ4v) is 2.09. The van der Waals surface area contributed by atoms with Gasteiger partial charge in [-0.25, -0.2) is 0 Å². The Bertz CT molecular complexity index is 406. The Labute approximate surface area is 126 Å². The minimum atomic E-state index is -0.196. The third-order valence-electron chi connectivity index (χ3n) is 3.51. The first-order valence-electron chi connectivity index (χ1n) is 6.83. The summed E-state index contributed by atoms with van der Waals surface area (Å²) in [5, 5.41) is 0. The number of benzene rings is 1. The first kappa shape index (κ1) is 17.0. The SMILES string of the molecule is COC(CN)CC(=O)N(CC1CC1)c1ccccc1.Cl. The van der Waals surface area contributed by atoms with Crippen molar-refractivity contribution in [3.8, 4) is 0 Å². The van der Waals surface area contributed by atoms with Gasteiger partial charge in [0, 0.05) is 25.9 Å². The zero-order chi connectivity index (χ0) is 13.7. The molecule has 1 aliphatic rings. The van der Waals surface area contributed by atoms with Crippen LogP contribution in [0.5, 0.6) is 0 Å². The molecule has 1 amide bonds. The smallest absolute Gasteiger partial charge is 0.229 e. The van der Waals surface area contributed by atoms with Crippen LogP contribution in [0.25, 0.3) is 0 Å². The first-order chi connectivity index (χ1) is 9.24. The van der Waals surface area contributed by atoms with Gasteiger partial charge in [-0.1, -0.05) is 18.2 Å². The quantitative estimate of drug-likeness (QED) is 0.840. The molecule has 1 aliphatic carbocycles. The predicted molar refractivity (Wildman–Crippen MR) is 83.2 cm³/mol. The zero-order valence-corrected chi connectivity index (χ0v) is 12.6. The number of nitrogens with zero attached hydrogens (tertiary/aromatic N) is 1. The molecule has 0 bridgehead atoms. The van der Waals surface area contributed by atoms with Crippen molar-refractivity contribution in [2.75, 3.05) is 25.1 Å². The second-order valence-electron chi connectivity index (χ2n) is 5.08. The standard InChI is InChI=1S/C15H22N2O2.ClH/c1-19-14(10-16)9-15(18)17(11-12-7-8-12)13-5-3-2-4-6-13;/h2-6,12,14H,7-11,16H2,1H3;1H. The largest absolute Gasteiger partial charge is 0.380 e. The molecule has 0 aromatic heterocycles. The Balaban J connectivity index is 0.00000200. The number of amides is 1. The summed E-state index contributed by atoms with van der Waals surface area (Å²) in [6.07, 6.45) is 2.59. The summed E-state index contributed by atoms with van der Waals surface area (Å²) in [5.41, 5.74) is 6.55. The lowest BCUT2D eigenvalue weighted by Gasteiger charge is -2.24. The van der Waals surface area contributed by atoms with Crippen molar-refractivity contribution in [3.63, 3.8) is 0 Å². The van der Waals surface area contributed by atoms with Crippen LogP contribution in [-0.4, -0.2) is 32.2 Å². The maximum absolute atomic E-state index is 12.4. The number of carbonyl (C=O) groups excluding carboxylic acids is 1. The summed E-state index contributed by atoms with van der Waals surface area (Å²) in [5.74, 6) is 0.749. The molecule has 2 N–H and O–H groups in total. The third kappa shape index (κ3) is 4.78. The predicted octanol–water partition coefficient (Wildman–Crippen LogP) is 2.22. The number of anilines is 1. The van der Waals surface area contributed by atoms with E-state index in [0.29, 0.717) is 18.9 Å². The number of hydrogen-bond acceptors (Lipinski definition) is 3. The number of rotatable bonds is 7. The average Bonchev–Trinajstić information content (AvgIpc) is 3.27. The van der Waals surface area contributed by atoms with Crippen LogP contribution in [0.3, 0.4) is 0 Å². The molecular formula is C15H23ClN2O2. The maximum Gasteiger partial charge on any atom is 0.229 e. The van der Waals surface area contributed by atoms with Crippen molar-refractivity contribution in [1.82, 2.24) is 0 Å². The van der Waals surface area contributed by atoms with E-state index in [1.165, 1.54) is 12.8 Å². The van der Waals surface area contributed by atoms with E-state index < -0.39 is 0 Å². The highest BCUT2D eigenvalue weighted by molar-refractivity contribution is 5.93. The molecule has 0 saturated heterocycles. The van der Waals surface area contributed by atoms with E-state index in [4.69, 9.17) is 10.5 Å². The highest BCUT2D eigenvalue weighted by Gasteiger charge is 2.28. The van der Waals surface area contributed by atoms with Crippen LogP contribution < -0.4 is 10.6 Å². The van der Waals surface area contributed by atoms with Gasteiger partial charge in [0.25, 0.3) is 0 Å². The van der Waals surface area contributed by atoms with Gasteiger partial charge in [-0.3, -0.25) is 4.79 Å². The lowest BCUT2D eigenvalue weighted by molar-refractivity contribution is -0.120. The van der Waals surface area contributed by atoms with Crippen molar-refractivity contribution in [2.45, 2.75) is 25.4 Å². The fraction of sp³-hybridized carbons (Fsp3) is 0.533. The fourth-order valence-electron chi connectivity index (χ4n) is 2.09. The molecule has 1 saturated carbocycles. The second kappa shape index (κ2) is 8.25. The molecule has 0 spiro atoms. The van der Waals surface area contributed by atoms with Crippen molar-refractivity contribution < 1.29 is 9.53 Å². The summed E-state index contributed by atoms with van der Waals surface area (Å²) in [7, 11) is 1.60. The van der Waals surface area contributed by atoms with Gasteiger partial charge < -0.3 is 15.4 Å². The highest BCUT2D eigenvalue weighted by atomic mass is 35.5. The maximum atomic E-state index is 12.4. The zero-order valence-electron chi connectivity index (χ0n) is 11.8. The molecule has 5 heteroatoms. The normalized spacial score (nSPS) is 15.3. The molecule has 0 aliphatic heterocycles. The molecule has 20 heavy (non-hydrogen) atoms. The van der Waals surface area contributed by atoms with Gasteiger partial charge in [0.15, 0.2) is 0 Å². The Morgan fingerprint density at radius 1 is 1.40 bits per heavy atom. The summed E-state index contributed by atoms with van der Waals surface area (Å²) in [4.78, 5) is 14.3. The summed E-state index contributed by atoms with van der Waals surface area (Å²) in [6, 6.07) is 9.83. The Hall–Kier alpha value is -1.10. The minimum absolute atomic E-state index is 0. The van der Waals surface area contributed by atoms with Crippen LogP contribution >= 0.6 is 12.4 Å². The summed E-state index contributed by atoms with van der Waals surface area (Å²) < 4.78 is 5.20. The minimum Gasteiger partial charge on any atom is -0.380 e. The third-order valence-corrected chi connectivity index (χ3v) is 3.51. The highest BCUT2D eigenvalue weighted by Crippen LogP contribution is 2.31. The van der Waals surface area contributed by atoms with Crippen LogP contribution in [0, 0.1) is 5.92 Å². The van der Waals surface area contributed by atoms with Gasteiger partial charge in [0.1, 0.15) is 0 Å². The number of methoxy groups -OCH3 is 1. The van der Waals surface area contributed by atoms with Gasteiger partial charge in [-0.2, -0.15) is 0 Å². The van der Waals surface area contributed by atoms with Crippen molar-refractivity contribution in [3.05, 3.63) is 30.3 Å². The number of nitrogens with two attached hydrogens (primary N) is 1. The molecule has 1 aromatic carbocycles. The second-order valence-corrected chi connectivity index (χ2v) is 5.08. The topological polar surface area (TPSA) is 55.6 Å². The Kier molecular flexibility index (Phi) is 6.99. The number of carbonyl (C=O) groups is 1. The number of hydrogen-bond donors (Lipinski definition) is 1. The Morgan fingerprint density at radius 3 is 2.55 bits per heavy atom. The van der Waals surface area contributed by atoms with Gasteiger partial charge in [-0.15, -0.1) is 12.4 Å². The molecule has 0 radical (unpaired) electrons. The molecule has 1 aromatic rings. The molecular weight excluding hydrogens is 276 g/mol. The van der Waals surface area contributed by atoms with Gasteiger partial charge >= 0.3 is 0 Å². The first-order valence-corrected chi connectivity index (χ1v) is 6.83. The monoisotopic (exact) mass is 298 g/mol.